The second-order valence-electron chi connectivity index (χ2n) is 10.1. The number of methoxy groups -OCH3 is 1. The van der Waals surface area contributed by atoms with Gasteiger partial charge in [-0.05, 0) is 55.5 Å². The number of aliphatic hydroxyl groups excluding tert-OH is 2. The molecule has 10 nitrogen and oxygen atoms in total. The maximum Gasteiger partial charge on any atom is 0.326 e. The number of benzene rings is 1. The fourth-order valence-electron chi connectivity index (χ4n) is 4.39. The Morgan fingerprint density at radius 3 is 2.30 bits per heavy atom. The number of hydrogen-bond donors (Lipinski definition) is 5. The Bertz CT molecular complexity index is 1020. The third kappa shape index (κ3) is 10.5. The molecule has 0 saturated heterocycles. The minimum Gasteiger partial charge on any atom is -0.506 e. The molecular formula is C29H44ClNO9. The zero-order valence-corrected chi connectivity index (χ0v) is 24.9. The summed E-state index contributed by atoms with van der Waals surface area (Å²) in [5, 5.41) is 43.4. The van der Waals surface area contributed by atoms with E-state index in [1.807, 2.05) is 6.92 Å². The standard InChI is InChI=1S/C29H44ClNO9/c1-7-9-10-16(3)24(33)18(5)25(34)17(4)13-23(39-6)26(35)27(40-8-2)28(36)31-21(29(37)38)15-19-11-12-22(32)20(30)14-19/h11-14,16,18,21,23-24,26-27,32-33,35H,7-10,15H2,1-6H3,(H,31,36)(H,37,38)/b17-13+/t16?,18?,21-,23+,24?,26+,27+/m0/s1. The second-order valence-corrected chi connectivity index (χ2v) is 10.5. The first-order chi connectivity index (χ1) is 18.8. The molecule has 0 radical (unpaired) electrons. The van der Waals surface area contributed by atoms with Gasteiger partial charge in [0.05, 0.1) is 11.1 Å². The fourth-order valence-corrected chi connectivity index (χ4v) is 4.59. The lowest BCUT2D eigenvalue weighted by atomic mass is 9.85. The summed E-state index contributed by atoms with van der Waals surface area (Å²) in [7, 11) is 1.29. The van der Waals surface area contributed by atoms with Crippen LogP contribution < -0.4 is 5.32 Å². The molecule has 0 aromatic heterocycles. The molecule has 3 unspecified atom stereocenters. The molecular weight excluding hydrogens is 542 g/mol. The minimum atomic E-state index is -1.59. The number of Topliss-reactive ketones (excluding diaryl/α,β-unsaturated/α-hetero) is 1. The van der Waals surface area contributed by atoms with Crippen molar-refractivity contribution in [2.24, 2.45) is 11.8 Å². The number of aliphatic hydroxyl groups is 2. The molecule has 0 bridgehead atoms. The van der Waals surface area contributed by atoms with E-state index in [0.717, 1.165) is 19.3 Å². The first-order valence-corrected chi connectivity index (χ1v) is 13.9. The van der Waals surface area contributed by atoms with Crippen LogP contribution in [0.4, 0.5) is 0 Å². The Balaban J connectivity index is 3.07. The Morgan fingerprint density at radius 1 is 1.12 bits per heavy atom. The van der Waals surface area contributed by atoms with Gasteiger partial charge in [-0.25, -0.2) is 4.79 Å². The Kier molecular flexibility index (Phi) is 15.4. The SMILES string of the molecule is CCCCC(C)C(O)C(C)C(=O)/C(C)=C/[C@@H](OC)[C@@H](O)[C@@H](OCC)C(=O)N[C@@H](Cc1ccc(O)c(Cl)c1)C(=O)O. The maximum atomic E-state index is 13.1. The Hall–Kier alpha value is -2.50. The summed E-state index contributed by atoms with van der Waals surface area (Å²) < 4.78 is 10.8. The van der Waals surface area contributed by atoms with Crippen LogP contribution >= 0.6 is 11.6 Å². The summed E-state index contributed by atoms with van der Waals surface area (Å²) in [6.45, 7) is 8.78. The molecule has 226 valence electrons. The number of halogens is 1. The summed E-state index contributed by atoms with van der Waals surface area (Å²) >= 11 is 5.91. The predicted octanol–water partition coefficient (Wildman–Crippen LogP) is 3.28. The zero-order valence-electron chi connectivity index (χ0n) is 24.1. The van der Waals surface area contributed by atoms with Gasteiger partial charge in [-0.1, -0.05) is 51.3 Å². The van der Waals surface area contributed by atoms with E-state index in [0.29, 0.717) is 5.56 Å². The lowest BCUT2D eigenvalue weighted by Gasteiger charge is -2.28. The summed E-state index contributed by atoms with van der Waals surface area (Å²) in [5.41, 5.74) is 0.694. The van der Waals surface area contributed by atoms with Crippen molar-refractivity contribution in [1.29, 1.82) is 0 Å². The molecule has 0 fully saturated rings. The first-order valence-electron chi connectivity index (χ1n) is 13.5. The number of amides is 1. The van der Waals surface area contributed by atoms with Crippen molar-refractivity contribution in [2.75, 3.05) is 13.7 Å². The lowest BCUT2D eigenvalue weighted by Crippen LogP contribution is -2.53. The molecule has 0 aliphatic rings. The Labute approximate surface area is 241 Å². The zero-order chi connectivity index (χ0) is 30.6. The molecule has 0 aliphatic carbocycles. The average molecular weight is 586 g/mol. The van der Waals surface area contributed by atoms with Crippen LogP contribution in [0.1, 0.15) is 59.4 Å². The first kappa shape index (κ1) is 35.5. The molecule has 0 aliphatic heterocycles. The van der Waals surface area contributed by atoms with Crippen LogP contribution in [0.25, 0.3) is 0 Å². The van der Waals surface area contributed by atoms with Crippen LogP contribution in [0.3, 0.4) is 0 Å². The summed E-state index contributed by atoms with van der Waals surface area (Å²) in [6, 6.07) is 2.80. The van der Waals surface area contributed by atoms with Gasteiger partial charge in [0, 0.05) is 26.1 Å². The van der Waals surface area contributed by atoms with Crippen LogP contribution in [-0.4, -0.2) is 82.3 Å². The summed E-state index contributed by atoms with van der Waals surface area (Å²) in [5.74, 6) is -3.45. The molecule has 1 rings (SSSR count). The number of unbranched alkanes of at least 4 members (excludes halogenated alkanes) is 1. The van der Waals surface area contributed by atoms with Gasteiger partial charge < -0.3 is 35.2 Å². The van der Waals surface area contributed by atoms with E-state index in [4.69, 9.17) is 21.1 Å². The van der Waals surface area contributed by atoms with Crippen LogP contribution in [0, 0.1) is 11.8 Å². The van der Waals surface area contributed by atoms with Gasteiger partial charge >= 0.3 is 5.97 Å². The second kappa shape index (κ2) is 17.3. The summed E-state index contributed by atoms with van der Waals surface area (Å²) in [4.78, 5) is 38.0. The van der Waals surface area contributed by atoms with Gasteiger partial charge in [0.2, 0.25) is 0 Å². The molecule has 0 spiro atoms. The van der Waals surface area contributed by atoms with Crippen molar-refractivity contribution in [3.63, 3.8) is 0 Å². The number of aromatic hydroxyl groups is 1. The third-order valence-corrected chi connectivity index (χ3v) is 7.22. The van der Waals surface area contributed by atoms with Gasteiger partial charge in [0.25, 0.3) is 5.91 Å². The van der Waals surface area contributed by atoms with E-state index in [2.05, 4.69) is 12.2 Å². The number of rotatable bonds is 18. The highest BCUT2D eigenvalue weighted by molar-refractivity contribution is 6.32. The number of hydrogen-bond acceptors (Lipinski definition) is 8. The molecule has 1 amide bonds. The number of aliphatic carboxylic acids is 1. The van der Waals surface area contributed by atoms with Gasteiger partial charge in [0.1, 0.15) is 24.0 Å². The smallest absolute Gasteiger partial charge is 0.326 e. The number of ketones is 1. The fraction of sp³-hybridized carbons (Fsp3) is 0.621. The van der Waals surface area contributed by atoms with E-state index >= 15 is 0 Å². The van der Waals surface area contributed by atoms with Crippen molar-refractivity contribution in [3.8, 4) is 5.75 Å². The molecule has 1 aromatic rings. The highest BCUT2D eigenvalue weighted by Crippen LogP contribution is 2.25. The van der Waals surface area contributed by atoms with E-state index in [1.165, 1.54) is 31.4 Å². The predicted molar refractivity (Wildman–Crippen MR) is 151 cm³/mol. The van der Waals surface area contributed by atoms with Crippen molar-refractivity contribution in [1.82, 2.24) is 5.32 Å². The van der Waals surface area contributed by atoms with Crippen LogP contribution in [0.5, 0.6) is 5.75 Å². The number of nitrogens with one attached hydrogen (secondary N) is 1. The van der Waals surface area contributed by atoms with E-state index in [9.17, 15) is 34.8 Å². The van der Waals surface area contributed by atoms with Gasteiger partial charge in [-0.2, -0.15) is 0 Å². The molecule has 40 heavy (non-hydrogen) atoms. The number of carbonyl (C=O) groups is 3. The van der Waals surface area contributed by atoms with E-state index in [1.54, 1.807) is 20.8 Å². The van der Waals surface area contributed by atoms with Crippen LogP contribution in [-0.2, 0) is 30.3 Å². The highest BCUT2D eigenvalue weighted by Gasteiger charge is 2.36. The number of carboxylic acid groups (broad SMARTS) is 1. The van der Waals surface area contributed by atoms with Crippen molar-refractivity contribution in [3.05, 3.63) is 40.4 Å². The molecule has 5 N–H and O–H groups in total. The minimum absolute atomic E-state index is 0.0252. The highest BCUT2D eigenvalue weighted by atomic mass is 35.5. The average Bonchev–Trinajstić information content (AvgIpc) is 2.92. The topological polar surface area (TPSA) is 163 Å². The third-order valence-electron chi connectivity index (χ3n) is 6.91. The molecule has 0 saturated carbocycles. The van der Waals surface area contributed by atoms with Gasteiger partial charge in [-0.3, -0.25) is 9.59 Å². The van der Waals surface area contributed by atoms with E-state index in [-0.39, 0.29) is 41.1 Å². The number of ether oxygens (including phenoxy) is 2. The summed E-state index contributed by atoms with van der Waals surface area (Å²) in [6.07, 6.45) is -1.14. The van der Waals surface area contributed by atoms with Crippen molar-refractivity contribution in [2.45, 2.75) is 90.8 Å². The van der Waals surface area contributed by atoms with Gasteiger partial charge in [-0.15, -0.1) is 0 Å². The largest absolute Gasteiger partial charge is 0.506 e. The van der Waals surface area contributed by atoms with Crippen LogP contribution in [0.2, 0.25) is 5.02 Å². The van der Waals surface area contributed by atoms with Crippen molar-refractivity contribution < 1.29 is 44.3 Å². The van der Waals surface area contributed by atoms with Crippen LogP contribution in [0.15, 0.2) is 29.8 Å². The number of carboxylic acids is 1. The van der Waals surface area contributed by atoms with Gasteiger partial charge in [0.15, 0.2) is 11.9 Å². The normalized spacial score (nSPS) is 17.3. The molecule has 0 heterocycles. The lowest BCUT2D eigenvalue weighted by molar-refractivity contribution is -0.151. The number of carbonyl (C=O) groups excluding carboxylic acids is 2. The maximum absolute atomic E-state index is 13.1. The monoisotopic (exact) mass is 585 g/mol. The molecule has 7 atom stereocenters. The van der Waals surface area contributed by atoms with Crippen molar-refractivity contribution >= 4 is 29.3 Å². The molecule has 11 heteroatoms. The van der Waals surface area contributed by atoms with E-state index < -0.39 is 48.3 Å². The number of allylic oxidation sites excluding steroid dienone is 1. The number of phenols is 1. The Morgan fingerprint density at radius 2 is 1.77 bits per heavy atom. The molecule has 1 aromatic carbocycles. The quantitative estimate of drug-likeness (QED) is 0.163. The number of phenolic OH excluding ortho intramolecular Hbond substituents is 1.